The molecular formula is C23H21F2N3O2S. The monoisotopic (exact) mass is 441 g/mol. The first kappa shape index (κ1) is 21.1. The third kappa shape index (κ3) is 3.83. The van der Waals surface area contributed by atoms with Gasteiger partial charge in [0.2, 0.25) is 11.8 Å². The number of hydrogen-bond acceptors (Lipinski definition) is 5. The van der Waals surface area contributed by atoms with Crippen LogP contribution in [0, 0.1) is 11.6 Å². The Bertz CT molecular complexity index is 1150. The van der Waals surface area contributed by atoms with E-state index in [9.17, 15) is 13.6 Å². The third-order valence-electron chi connectivity index (χ3n) is 5.72. The molecule has 2 heterocycles. The number of nitrogens with two attached hydrogens (primary N) is 1. The van der Waals surface area contributed by atoms with E-state index >= 15 is 0 Å². The molecule has 3 N–H and O–H groups in total. The van der Waals surface area contributed by atoms with Gasteiger partial charge in [-0.2, -0.15) is 0 Å². The molecule has 0 bridgehead atoms. The number of amides is 1. The number of halogens is 2. The number of hydrogen-bond donors (Lipinski definition) is 3. The minimum Gasteiger partial charge on any atom is -0.481 e. The molecule has 1 fully saturated rings. The van der Waals surface area contributed by atoms with Gasteiger partial charge in [-0.1, -0.05) is 6.42 Å². The number of nitrogen functional groups attached to an aromatic ring is 1. The second-order valence-electron chi connectivity index (χ2n) is 7.57. The smallest absolute Gasteiger partial charge is 0.235 e. The Morgan fingerprint density at radius 2 is 1.94 bits per heavy atom. The number of benzene rings is 2. The van der Waals surface area contributed by atoms with Gasteiger partial charge >= 0.3 is 0 Å². The maximum absolute atomic E-state index is 12.4. The van der Waals surface area contributed by atoms with Crippen molar-refractivity contribution in [1.29, 1.82) is 0 Å². The molecule has 1 aromatic heterocycles. The Labute approximate surface area is 184 Å². The highest BCUT2D eigenvalue weighted by Gasteiger charge is 2.51. The topological polar surface area (TPSA) is 77.2 Å². The lowest BCUT2D eigenvalue weighted by molar-refractivity contribution is -0.123. The zero-order valence-corrected chi connectivity index (χ0v) is 17.7. The highest BCUT2D eigenvalue weighted by molar-refractivity contribution is 7.80. The highest BCUT2D eigenvalue weighted by atomic mass is 32.1. The number of ether oxygens (including phenoxy) is 1. The summed E-state index contributed by atoms with van der Waals surface area (Å²) in [5.41, 5.74) is 10.2. The summed E-state index contributed by atoms with van der Waals surface area (Å²) in [4.78, 5) is 16.8. The number of fused-ring (bicyclic) bond motifs is 2. The van der Waals surface area contributed by atoms with Crippen LogP contribution in [-0.2, 0) is 10.2 Å². The number of methoxy groups -OCH3 is 1. The molecule has 1 spiro atoms. The van der Waals surface area contributed by atoms with Gasteiger partial charge in [-0.15, -0.1) is 12.6 Å². The zero-order chi connectivity index (χ0) is 22.2. The average Bonchev–Trinajstić information content (AvgIpc) is 3.03. The van der Waals surface area contributed by atoms with Gasteiger partial charge in [-0.05, 0) is 48.7 Å². The second kappa shape index (κ2) is 8.19. The predicted molar refractivity (Wildman–Crippen MR) is 118 cm³/mol. The maximum atomic E-state index is 12.4. The summed E-state index contributed by atoms with van der Waals surface area (Å²) in [6.45, 7) is 0. The summed E-state index contributed by atoms with van der Waals surface area (Å²) in [5, 5.41) is 3.06. The molecule has 1 saturated carbocycles. The Kier molecular flexibility index (Phi) is 5.58. The summed E-state index contributed by atoms with van der Waals surface area (Å²) in [5.74, 6) is -0.547. The SMILES string of the molecule is COc1ccc(-c2cc(N)cc3c2NC(=O)C32CCC2)cn1.Fc1ccc(S)c(F)c1. The van der Waals surface area contributed by atoms with Crippen molar-refractivity contribution in [3.8, 4) is 17.0 Å². The Balaban J connectivity index is 0.000000217. The van der Waals surface area contributed by atoms with Crippen LogP contribution in [0.5, 0.6) is 5.88 Å². The fourth-order valence-electron chi connectivity index (χ4n) is 3.93. The van der Waals surface area contributed by atoms with Gasteiger partial charge in [0.1, 0.15) is 11.6 Å². The van der Waals surface area contributed by atoms with Crippen molar-refractivity contribution in [3.05, 3.63) is 65.9 Å². The van der Waals surface area contributed by atoms with E-state index in [1.807, 2.05) is 18.2 Å². The fourth-order valence-corrected chi connectivity index (χ4v) is 4.07. The number of rotatable bonds is 2. The van der Waals surface area contributed by atoms with E-state index in [0.29, 0.717) is 11.6 Å². The van der Waals surface area contributed by atoms with Crippen molar-refractivity contribution < 1.29 is 18.3 Å². The number of aromatic nitrogens is 1. The van der Waals surface area contributed by atoms with Gasteiger partial charge < -0.3 is 15.8 Å². The predicted octanol–water partition coefficient (Wildman–Crippen LogP) is 4.97. The van der Waals surface area contributed by atoms with Crippen LogP contribution in [-0.4, -0.2) is 18.0 Å². The summed E-state index contributed by atoms with van der Waals surface area (Å²) in [6.07, 6.45) is 4.62. The number of nitrogens with one attached hydrogen (secondary N) is 1. The van der Waals surface area contributed by atoms with Gasteiger partial charge in [0.05, 0.1) is 18.2 Å². The number of carbonyl (C=O) groups is 1. The van der Waals surface area contributed by atoms with E-state index in [1.165, 1.54) is 6.07 Å². The van der Waals surface area contributed by atoms with E-state index in [1.54, 1.807) is 19.4 Å². The molecule has 5 nitrogen and oxygen atoms in total. The first-order valence-corrected chi connectivity index (χ1v) is 10.2. The van der Waals surface area contributed by atoms with Crippen molar-refractivity contribution in [2.75, 3.05) is 18.2 Å². The first-order valence-electron chi connectivity index (χ1n) is 9.74. The van der Waals surface area contributed by atoms with E-state index in [-0.39, 0.29) is 16.2 Å². The summed E-state index contributed by atoms with van der Waals surface area (Å²) in [7, 11) is 1.58. The molecule has 0 atom stereocenters. The minimum atomic E-state index is -0.627. The van der Waals surface area contributed by atoms with E-state index in [2.05, 4.69) is 22.9 Å². The molecule has 2 aliphatic rings. The number of pyridine rings is 1. The lowest BCUT2D eigenvalue weighted by atomic mass is 9.65. The molecule has 31 heavy (non-hydrogen) atoms. The molecule has 0 radical (unpaired) electrons. The Morgan fingerprint density at radius 1 is 1.16 bits per heavy atom. The van der Waals surface area contributed by atoms with Crippen molar-refractivity contribution in [2.24, 2.45) is 0 Å². The van der Waals surface area contributed by atoms with Crippen molar-refractivity contribution in [1.82, 2.24) is 4.98 Å². The first-order chi connectivity index (χ1) is 14.8. The normalized spacial score (nSPS) is 15.4. The van der Waals surface area contributed by atoms with Crippen LogP contribution < -0.4 is 15.8 Å². The van der Waals surface area contributed by atoms with Gasteiger partial charge in [-0.25, -0.2) is 13.8 Å². The van der Waals surface area contributed by atoms with Gasteiger partial charge in [0.15, 0.2) is 0 Å². The molecule has 2 aromatic carbocycles. The van der Waals surface area contributed by atoms with Crippen LogP contribution >= 0.6 is 12.6 Å². The quantitative estimate of drug-likeness (QED) is 0.388. The van der Waals surface area contributed by atoms with Crippen LogP contribution in [0.3, 0.4) is 0 Å². The molecule has 1 aliphatic heterocycles. The maximum Gasteiger partial charge on any atom is 0.235 e. The molecule has 8 heteroatoms. The number of nitrogens with zero attached hydrogens (tertiary/aromatic N) is 1. The fraction of sp³-hybridized carbons (Fsp3) is 0.217. The number of thiol groups is 1. The average molecular weight is 442 g/mol. The molecule has 1 aliphatic carbocycles. The van der Waals surface area contributed by atoms with E-state index in [4.69, 9.17) is 10.5 Å². The van der Waals surface area contributed by atoms with Gasteiger partial charge in [0.25, 0.3) is 0 Å². The molecule has 5 rings (SSSR count). The number of anilines is 2. The van der Waals surface area contributed by atoms with Crippen LogP contribution in [0.1, 0.15) is 24.8 Å². The van der Waals surface area contributed by atoms with Crippen molar-refractivity contribution >= 4 is 29.9 Å². The molecular weight excluding hydrogens is 420 g/mol. The van der Waals surface area contributed by atoms with Crippen LogP contribution in [0.15, 0.2) is 53.6 Å². The lowest BCUT2D eigenvalue weighted by Gasteiger charge is -2.36. The van der Waals surface area contributed by atoms with Crippen LogP contribution in [0.4, 0.5) is 20.2 Å². The lowest BCUT2D eigenvalue weighted by Crippen LogP contribution is -2.40. The van der Waals surface area contributed by atoms with Crippen LogP contribution in [0.25, 0.3) is 11.1 Å². The van der Waals surface area contributed by atoms with Gasteiger partial charge in [0, 0.05) is 40.0 Å². The summed E-state index contributed by atoms with van der Waals surface area (Å²) >= 11 is 3.70. The van der Waals surface area contributed by atoms with Crippen molar-refractivity contribution in [2.45, 2.75) is 29.6 Å². The largest absolute Gasteiger partial charge is 0.481 e. The Morgan fingerprint density at radius 3 is 2.48 bits per heavy atom. The third-order valence-corrected chi connectivity index (χ3v) is 6.09. The zero-order valence-electron chi connectivity index (χ0n) is 16.8. The molecule has 1 amide bonds. The van der Waals surface area contributed by atoms with E-state index < -0.39 is 11.6 Å². The highest BCUT2D eigenvalue weighted by Crippen LogP contribution is 2.54. The number of carbonyl (C=O) groups excluding carboxylic acids is 1. The second-order valence-corrected chi connectivity index (χ2v) is 8.05. The van der Waals surface area contributed by atoms with Gasteiger partial charge in [-0.3, -0.25) is 4.79 Å². The summed E-state index contributed by atoms with van der Waals surface area (Å²) in [6, 6.07) is 10.8. The standard InChI is InChI=1S/C17H17N3O2.C6H4F2S/c1-22-14-4-3-10(9-19-14)12-7-11(18)8-13-15(12)20-16(21)17(13)5-2-6-17;7-4-1-2-6(9)5(8)3-4/h3-4,7-9H,2,5-6,18H2,1H3,(H,20,21);1-3,9H. The van der Waals surface area contributed by atoms with E-state index in [0.717, 1.165) is 53.8 Å². The summed E-state index contributed by atoms with van der Waals surface area (Å²) < 4.78 is 29.4. The molecule has 0 unspecified atom stereocenters. The minimum absolute atomic E-state index is 0.0991. The molecule has 160 valence electrons. The molecule has 0 saturated heterocycles. The van der Waals surface area contributed by atoms with Crippen molar-refractivity contribution in [3.63, 3.8) is 0 Å². The van der Waals surface area contributed by atoms with Crippen LogP contribution in [0.2, 0.25) is 0 Å². The molecule has 3 aromatic rings. The Hall–Kier alpha value is -3.13.